The summed E-state index contributed by atoms with van der Waals surface area (Å²) in [6.07, 6.45) is 6.07. The number of nitrogens with one attached hydrogen (secondary N) is 1. The van der Waals surface area contributed by atoms with Crippen molar-refractivity contribution >= 4 is 11.8 Å². The SMILES string of the molecule is C#CCO[C@@H]1Cc2ccccc2[C@@H]1NCl. The van der Waals surface area contributed by atoms with Crippen molar-refractivity contribution < 1.29 is 4.74 Å². The van der Waals surface area contributed by atoms with E-state index in [0.29, 0.717) is 6.61 Å². The van der Waals surface area contributed by atoms with Gasteiger partial charge < -0.3 is 4.74 Å². The molecule has 1 aromatic carbocycles. The Labute approximate surface area is 94.7 Å². The molecule has 0 bridgehead atoms. The van der Waals surface area contributed by atoms with E-state index in [4.69, 9.17) is 22.9 Å². The molecule has 78 valence electrons. The molecule has 0 spiro atoms. The topological polar surface area (TPSA) is 21.3 Å². The van der Waals surface area contributed by atoms with Gasteiger partial charge in [-0.3, -0.25) is 0 Å². The van der Waals surface area contributed by atoms with Crippen LogP contribution in [-0.2, 0) is 11.2 Å². The molecular formula is C12H12ClNO. The van der Waals surface area contributed by atoms with Crippen molar-refractivity contribution in [3.05, 3.63) is 35.4 Å². The minimum absolute atomic E-state index is 0.0379. The van der Waals surface area contributed by atoms with Crippen LogP contribution in [0.1, 0.15) is 17.2 Å². The Morgan fingerprint density at radius 3 is 3.07 bits per heavy atom. The van der Waals surface area contributed by atoms with Gasteiger partial charge in [0, 0.05) is 6.42 Å². The molecule has 3 heteroatoms. The van der Waals surface area contributed by atoms with E-state index in [1.165, 1.54) is 11.1 Å². The van der Waals surface area contributed by atoms with Crippen molar-refractivity contribution in [1.82, 2.24) is 4.84 Å². The van der Waals surface area contributed by atoms with Crippen LogP contribution in [0.3, 0.4) is 0 Å². The highest BCUT2D eigenvalue weighted by Gasteiger charge is 2.32. The summed E-state index contributed by atoms with van der Waals surface area (Å²) in [5.41, 5.74) is 2.48. The molecule has 1 N–H and O–H groups in total. The second-order valence-electron chi connectivity index (χ2n) is 3.54. The van der Waals surface area contributed by atoms with Crippen molar-refractivity contribution in [2.24, 2.45) is 0 Å². The maximum absolute atomic E-state index is 5.73. The van der Waals surface area contributed by atoms with E-state index in [1.54, 1.807) is 0 Å². The summed E-state index contributed by atoms with van der Waals surface area (Å²) in [5.74, 6) is 2.47. The maximum Gasteiger partial charge on any atom is 0.107 e. The Balaban J connectivity index is 2.18. The highest BCUT2D eigenvalue weighted by molar-refractivity contribution is 6.13. The number of rotatable bonds is 3. The van der Waals surface area contributed by atoms with Crippen LogP contribution in [0.2, 0.25) is 0 Å². The van der Waals surface area contributed by atoms with Crippen LogP contribution in [-0.4, -0.2) is 12.7 Å². The zero-order valence-electron chi connectivity index (χ0n) is 8.24. The van der Waals surface area contributed by atoms with E-state index < -0.39 is 0 Å². The first-order valence-corrected chi connectivity index (χ1v) is 5.23. The molecule has 0 aliphatic heterocycles. The average Bonchev–Trinajstić information content (AvgIpc) is 2.63. The lowest BCUT2D eigenvalue weighted by Gasteiger charge is -2.17. The van der Waals surface area contributed by atoms with E-state index in [2.05, 4.69) is 22.9 Å². The smallest absolute Gasteiger partial charge is 0.107 e. The number of hydrogen-bond acceptors (Lipinski definition) is 2. The van der Waals surface area contributed by atoms with Crippen LogP contribution in [0.25, 0.3) is 0 Å². The number of benzene rings is 1. The van der Waals surface area contributed by atoms with Crippen molar-refractivity contribution in [1.29, 1.82) is 0 Å². The van der Waals surface area contributed by atoms with E-state index in [1.807, 2.05) is 12.1 Å². The predicted octanol–water partition coefficient (Wildman–Crippen LogP) is 2.05. The summed E-state index contributed by atoms with van der Waals surface area (Å²) in [6, 6.07) is 8.22. The molecule has 0 amide bonds. The summed E-state index contributed by atoms with van der Waals surface area (Å²) in [5, 5.41) is 0. The first-order chi connectivity index (χ1) is 7.36. The van der Waals surface area contributed by atoms with Gasteiger partial charge in [-0.2, -0.15) is 0 Å². The number of fused-ring (bicyclic) bond motifs is 1. The Morgan fingerprint density at radius 1 is 1.53 bits per heavy atom. The largest absolute Gasteiger partial charge is 0.363 e. The highest BCUT2D eigenvalue weighted by atomic mass is 35.5. The summed E-state index contributed by atoms with van der Waals surface area (Å²) >= 11 is 5.73. The van der Waals surface area contributed by atoms with Gasteiger partial charge >= 0.3 is 0 Å². The zero-order valence-corrected chi connectivity index (χ0v) is 9.00. The third kappa shape index (κ3) is 2.00. The van der Waals surface area contributed by atoms with Gasteiger partial charge in [0.05, 0.1) is 12.1 Å². The molecule has 0 saturated heterocycles. The standard InChI is InChI=1S/C12H12ClNO/c1-2-7-15-11-8-9-5-3-4-6-10(9)12(11)14-13/h1,3-6,11-12,14H,7-8H2/t11-,12+/m1/s1. The molecular weight excluding hydrogens is 210 g/mol. The van der Waals surface area contributed by atoms with E-state index in [-0.39, 0.29) is 12.1 Å². The third-order valence-electron chi connectivity index (χ3n) is 2.68. The molecule has 1 aliphatic carbocycles. The lowest BCUT2D eigenvalue weighted by molar-refractivity contribution is 0.0632. The van der Waals surface area contributed by atoms with Crippen molar-refractivity contribution in [3.63, 3.8) is 0 Å². The van der Waals surface area contributed by atoms with Gasteiger partial charge in [-0.15, -0.1) is 6.42 Å². The summed E-state index contributed by atoms with van der Waals surface area (Å²) in [6.45, 7) is 0.327. The molecule has 1 aliphatic rings. The molecule has 0 unspecified atom stereocenters. The van der Waals surface area contributed by atoms with Crippen LogP contribution in [0.5, 0.6) is 0 Å². The minimum atomic E-state index is 0.0379. The Morgan fingerprint density at radius 2 is 2.33 bits per heavy atom. The molecule has 1 aromatic rings. The van der Waals surface area contributed by atoms with Gasteiger partial charge in [0.15, 0.2) is 0 Å². The molecule has 0 heterocycles. The second-order valence-corrected chi connectivity index (χ2v) is 3.76. The van der Waals surface area contributed by atoms with Crippen molar-refractivity contribution in [2.75, 3.05) is 6.61 Å². The second kappa shape index (κ2) is 4.67. The lowest BCUT2D eigenvalue weighted by atomic mass is 10.1. The number of hydrogen-bond donors (Lipinski definition) is 1. The summed E-state index contributed by atoms with van der Waals surface area (Å²) < 4.78 is 5.56. The van der Waals surface area contributed by atoms with Gasteiger partial charge in [0.25, 0.3) is 0 Å². The van der Waals surface area contributed by atoms with E-state index in [9.17, 15) is 0 Å². The molecule has 0 fully saturated rings. The van der Waals surface area contributed by atoms with Gasteiger partial charge in [0.2, 0.25) is 0 Å². The quantitative estimate of drug-likeness (QED) is 0.623. The first-order valence-electron chi connectivity index (χ1n) is 4.86. The van der Waals surface area contributed by atoms with Crippen LogP contribution < -0.4 is 4.84 Å². The molecule has 15 heavy (non-hydrogen) atoms. The summed E-state index contributed by atoms with van der Waals surface area (Å²) in [4.78, 5) is 2.76. The number of halogens is 1. The molecule has 0 saturated carbocycles. The fourth-order valence-corrected chi connectivity index (χ4v) is 2.26. The Hall–Kier alpha value is -1.01. The van der Waals surface area contributed by atoms with Gasteiger partial charge in [0.1, 0.15) is 6.61 Å². The zero-order chi connectivity index (χ0) is 10.7. The van der Waals surface area contributed by atoms with Crippen molar-refractivity contribution in [3.8, 4) is 12.3 Å². The highest BCUT2D eigenvalue weighted by Crippen LogP contribution is 2.33. The molecule has 2 rings (SSSR count). The molecule has 0 aromatic heterocycles. The van der Waals surface area contributed by atoms with E-state index in [0.717, 1.165) is 6.42 Å². The maximum atomic E-state index is 5.73. The summed E-state index contributed by atoms with van der Waals surface area (Å²) in [7, 11) is 0. The van der Waals surface area contributed by atoms with Gasteiger partial charge in [-0.1, -0.05) is 30.2 Å². The van der Waals surface area contributed by atoms with Crippen LogP contribution >= 0.6 is 11.8 Å². The molecule has 2 atom stereocenters. The molecule has 2 nitrogen and oxygen atoms in total. The predicted molar refractivity (Wildman–Crippen MR) is 60.4 cm³/mol. The monoisotopic (exact) mass is 221 g/mol. The van der Waals surface area contributed by atoms with Gasteiger partial charge in [-0.25, -0.2) is 4.84 Å². The Kier molecular flexibility index (Phi) is 3.27. The van der Waals surface area contributed by atoms with Crippen LogP contribution in [0.15, 0.2) is 24.3 Å². The normalized spacial score (nSPS) is 23.5. The third-order valence-corrected chi connectivity index (χ3v) is 2.92. The van der Waals surface area contributed by atoms with Gasteiger partial charge in [-0.05, 0) is 22.9 Å². The molecule has 0 radical (unpaired) electrons. The lowest BCUT2D eigenvalue weighted by Crippen LogP contribution is -2.25. The first kappa shape index (κ1) is 10.5. The number of terminal acetylenes is 1. The Bertz CT molecular complexity index is 385. The van der Waals surface area contributed by atoms with Crippen LogP contribution in [0, 0.1) is 12.3 Å². The van der Waals surface area contributed by atoms with Crippen molar-refractivity contribution in [2.45, 2.75) is 18.6 Å². The fourth-order valence-electron chi connectivity index (χ4n) is 2.00. The number of ether oxygens (including phenoxy) is 1. The van der Waals surface area contributed by atoms with E-state index >= 15 is 0 Å². The fraction of sp³-hybridized carbons (Fsp3) is 0.333. The van der Waals surface area contributed by atoms with Crippen LogP contribution in [0.4, 0.5) is 0 Å². The average molecular weight is 222 g/mol. The minimum Gasteiger partial charge on any atom is -0.363 e.